The summed E-state index contributed by atoms with van der Waals surface area (Å²) in [5, 5.41) is 3.45. The number of nitrogens with zero attached hydrogens (tertiary/aromatic N) is 2. The van der Waals surface area contributed by atoms with E-state index >= 15 is 0 Å². The molecule has 0 spiro atoms. The minimum absolute atomic E-state index is 0.134. The molecule has 17 heavy (non-hydrogen) atoms. The molecule has 0 bridgehead atoms. The van der Waals surface area contributed by atoms with Crippen LogP contribution in [-0.2, 0) is 6.54 Å². The first-order valence-corrected chi connectivity index (χ1v) is 6.44. The van der Waals surface area contributed by atoms with Crippen molar-refractivity contribution < 1.29 is 0 Å². The molecule has 0 unspecified atom stereocenters. The highest BCUT2D eigenvalue weighted by Gasteiger charge is 2.10. The van der Waals surface area contributed by atoms with Crippen molar-refractivity contribution in [2.75, 3.05) is 0 Å². The molecule has 4 heteroatoms. The van der Waals surface area contributed by atoms with Crippen molar-refractivity contribution in [2.24, 2.45) is 0 Å². The van der Waals surface area contributed by atoms with Gasteiger partial charge in [0.15, 0.2) is 0 Å². The second kappa shape index (κ2) is 4.94. The second-order valence-electron chi connectivity index (χ2n) is 5.00. The molecule has 0 fully saturated rings. The number of pyridine rings is 1. The maximum Gasteiger partial charge on any atom is 0.103 e. The van der Waals surface area contributed by atoms with E-state index in [-0.39, 0.29) is 5.54 Å². The third kappa shape index (κ3) is 3.61. The molecule has 0 aliphatic heterocycles. The Bertz CT molecular complexity index is 471. The van der Waals surface area contributed by atoms with Gasteiger partial charge in [0.2, 0.25) is 0 Å². The first kappa shape index (κ1) is 12.2. The quantitative estimate of drug-likeness (QED) is 0.905. The van der Waals surface area contributed by atoms with E-state index in [9.17, 15) is 0 Å². The maximum atomic E-state index is 4.43. The van der Waals surface area contributed by atoms with E-state index in [0.29, 0.717) is 0 Å². The Morgan fingerprint density at radius 1 is 1.24 bits per heavy atom. The first-order chi connectivity index (χ1) is 8.04. The standard InChI is InChI=1S/C13H17N3S/c1-13(2,3)15-9-10-8-12(16-17-10)11-6-4-5-7-14-11/h4-8,15H,9H2,1-3H3. The molecule has 0 amide bonds. The van der Waals surface area contributed by atoms with E-state index in [0.717, 1.165) is 17.9 Å². The number of hydrogen-bond acceptors (Lipinski definition) is 4. The molecule has 0 aliphatic carbocycles. The molecular formula is C13H17N3S. The van der Waals surface area contributed by atoms with Crippen molar-refractivity contribution in [1.82, 2.24) is 14.7 Å². The summed E-state index contributed by atoms with van der Waals surface area (Å²) in [4.78, 5) is 5.53. The third-order valence-corrected chi connectivity index (χ3v) is 3.06. The monoisotopic (exact) mass is 247 g/mol. The molecular weight excluding hydrogens is 230 g/mol. The van der Waals surface area contributed by atoms with E-state index in [1.807, 2.05) is 18.2 Å². The van der Waals surface area contributed by atoms with Crippen molar-refractivity contribution in [3.05, 3.63) is 35.3 Å². The fourth-order valence-electron chi connectivity index (χ4n) is 1.38. The highest BCUT2D eigenvalue weighted by Crippen LogP contribution is 2.20. The van der Waals surface area contributed by atoms with E-state index in [2.05, 4.69) is 41.5 Å². The van der Waals surface area contributed by atoms with Crippen LogP contribution in [0.25, 0.3) is 11.4 Å². The maximum absolute atomic E-state index is 4.43. The number of rotatable bonds is 3. The van der Waals surface area contributed by atoms with Crippen molar-refractivity contribution in [3.63, 3.8) is 0 Å². The lowest BCUT2D eigenvalue weighted by Crippen LogP contribution is -2.34. The minimum atomic E-state index is 0.134. The molecule has 2 aromatic heterocycles. The fourth-order valence-corrected chi connectivity index (χ4v) is 2.05. The molecule has 90 valence electrons. The number of aromatic nitrogens is 2. The average molecular weight is 247 g/mol. The van der Waals surface area contributed by atoms with Crippen LogP contribution in [0.5, 0.6) is 0 Å². The van der Waals surface area contributed by atoms with Crippen LogP contribution >= 0.6 is 11.5 Å². The van der Waals surface area contributed by atoms with E-state index in [1.165, 1.54) is 16.4 Å². The highest BCUT2D eigenvalue weighted by atomic mass is 32.1. The van der Waals surface area contributed by atoms with Gasteiger partial charge in [0, 0.05) is 23.2 Å². The Morgan fingerprint density at radius 2 is 2.06 bits per heavy atom. The fraction of sp³-hybridized carbons (Fsp3) is 0.385. The van der Waals surface area contributed by atoms with E-state index in [1.54, 1.807) is 6.20 Å². The summed E-state index contributed by atoms with van der Waals surface area (Å²) in [5.41, 5.74) is 2.03. The molecule has 0 saturated carbocycles. The summed E-state index contributed by atoms with van der Waals surface area (Å²) in [7, 11) is 0. The predicted molar refractivity (Wildman–Crippen MR) is 71.9 cm³/mol. The summed E-state index contributed by atoms with van der Waals surface area (Å²) < 4.78 is 4.43. The van der Waals surface area contributed by atoms with Gasteiger partial charge in [0.1, 0.15) is 5.69 Å². The van der Waals surface area contributed by atoms with Crippen LogP contribution in [0.15, 0.2) is 30.5 Å². The lowest BCUT2D eigenvalue weighted by Gasteiger charge is -2.19. The SMILES string of the molecule is CC(C)(C)NCc1cc(-c2ccccn2)ns1. The average Bonchev–Trinajstić information content (AvgIpc) is 2.75. The predicted octanol–water partition coefficient (Wildman–Crippen LogP) is 3.09. The van der Waals surface area contributed by atoms with Crippen LogP contribution in [0.4, 0.5) is 0 Å². The first-order valence-electron chi connectivity index (χ1n) is 5.67. The zero-order valence-corrected chi connectivity index (χ0v) is 11.2. The Labute approximate surface area is 106 Å². The van der Waals surface area contributed by atoms with Crippen molar-refractivity contribution in [3.8, 4) is 11.4 Å². The lowest BCUT2D eigenvalue weighted by atomic mass is 10.1. The molecule has 3 nitrogen and oxygen atoms in total. The van der Waals surface area contributed by atoms with Gasteiger partial charge in [0.05, 0.1) is 5.69 Å². The van der Waals surface area contributed by atoms with Gasteiger partial charge in [-0.2, -0.15) is 4.37 Å². The zero-order chi connectivity index (χ0) is 12.3. The van der Waals surface area contributed by atoms with Gasteiger partial charge < -0.3 is 5.32 Å². The van der Waals surface area contributed by atoms with Gasteiger partial charge >= 0.3 is 0 Å². The zero-order valence-electron chi connectivity index (χ0n) is 10.4. The molecule has 1 N–H and O–H groups in total. The van der Waals surface area contributed by atoms with Gasteiger partial charge in [-0.15, -0.1) is 0 Å². The molecule has 0 saturated heterocycles. The third-order valence-electron chi connectivity index (χ3n) is 2.28. The normalized spacial score (nSPS) is 11.7. The Kier molecular flexibility index (Phi) is 3.54. The van der Waals surface area contributed by atoms with Crippen LogP contribution in [0.3, 0.4) is 0 Å². The van der Waals surface area contributed by atoms with Gasteiger partial charge in [-0.05, 0) is 50.5 Å². The molecule has 2 heterocycles. The molecule has 0 radical (unpaired) electrons. The van der Waals surface area contributed by atoms with Gasteiger partial charge in [0.25, 0.3) is 0 Å². The highest BCUT2D eigenvalue weighted by molar-refractivity contribution is 7.06. The minimum Gasteiger partial charge on any atom is -0.307 e. The summed E-state index contributed by atoms with van der Waals surface area (Å²) in [6, 6.07) is 7.98. The number of nitrogens with one attached hydrogen (secondary N) is 1. The molecule has 0 aromatic carbocycles. The smallest absolute Gasteiger partial charge is 0.103 e. The van der Waals surface area contributed by atoms with E-state index < -0.39 is 0 Å². The van der Waals surface area contributed by atoms with Gasteiger partial charge in [-0.25, -0.2) is 0 Å². The van der Waals surface area contributed by atoms with Crippen LogP contribution in [-0.4, -0.2) is 14.9 Å². The van der Waals surface area contributed by atoms with Crippen molar-refractivity contribution in [2.45, 2.75) is 32.9 Å². The van der Waals surface area contributed by atoms with Crippen LogP contribution < -0.4 is 5.32 Å². The van der Waals surface area contributed by atoms with Crippen LogP contribution in [0.2, 0.25) is 0 Å². The van der Waals surface area contributed by atoms with Gasteiger partial charge in [-0.1, -0.05) is 6.07 Å². The lowest BCUT2D eigenvalue weighted by molar-refractivity contribution is 0.426. The number of hydrogen-bond donors (Lipinski definition) is 1. The van der Waals surface area contributed by atoms with Crippen molar-refractivity contribution >= 4 is 11.5 Å². The summed E-state index contributed by atoms with van der Waals surface area (Å²) in [5.74, 6) is 0. The summed E-state index contributed by atoms with van der Waals surface area (Å²) in [6.07, 6.45) is 1.79. The van der Waals surface area contributed by atoms with Crippen molar-refractivity contribution in [1.29, 1.82) is 0 Å². The Hall–Kier alpha value is -1.26. The molecule has 2 aromatic rings. The molecule has 0 atom stereocenters. The molecule has 2 rings (SSSR count). The Balaban J connectivity index is 2.07. The van der Waals surface area contributed by atoms with Crippen LogP contribution in [0, 0.1) is 0 Å². The van der Waals surface area contributed by atoms with Gasteiger partial charge in [-0.3, -0.25) is 4.98 Å². The summed E-state index contributed by atoms with van der Waals surface area (Å²) in [6.45, 7) is 7.34. The van der Waals surface area contributed by atoms with E-state index in [4.69, 9.17) is 0 Å². The largest absolute Gasteiger partial charge is 0.307 e. The topological polar surface area (TPSA) is 37.8 Å². The van der Waals surface area contributed by atoms with Crippen LogP contribution in [0.1, 0.15) is 25.6 Å². The summed E-state index contributed by atoms with van der Waals surface area (Å²) >= 11 is 1.53. The Morgan fingerprint density at radius 3 is 2.71 bits per heavy atom. The molecule has 0 aliphatic rings. The second-order valence-corrected chi connectivity index (χ2v) is 5.89.